The van der Waals surface area contributed by atoms with Crippen molar-refractivity contribution in [2.75, 3.05) is 13.1 Å². The minimum atomic E-state index is -1.14. The fourth-order valence-electron chi connectivity index (χ4n) is 2.76. The van der Waals surface area contributed by atoms with Gasteiger partial charge in [0, 0.05) is 17.1 Å². The van der Waals surface area contributed by atoms with Gasteiger partial charge in [-0.05, 0) is 32.9 Å². The maximum atomic E-state index is 14.2. The van der Waals surface area contributed by atoms with Gasteiger partial charge >= 0.3 is 5.97 Å². The predicted molar refractivity (Wildman–Crippen MR) is 83.0 cm³/mol. The molecule has 0 bridgehead atoms. The number of rotatable bonds is 3. The zero-order valence-electron chi connectivity index (χ0n) is 13.2. The molecule has 1 aliphatic rings. The lowest BCUT2D eigenvalue weighted by Gasteiger charge is -2.39. The largest absolute Gasteiger partial charge is 0.479 e. The first-order valence-electron chi connectivity index (χ1n) is 7.26. The Hall–Kier alpha value is -1.66. The van der Waals surface area contributed by atoms with Crippen LogP contribution in [0.2, 0.25) is 5.02 Å². The lowest BCUT2D eigenvalue weighted by atomic mass is 9.82. The number of hydrogen-bond donors (Lipinski definition) is 1. The molecule has 0 saturated carbocycles. The summed E-state index contributed by atoms with van der Waals surface area (Å²) in [5.74, 6) is -2.03. The number of amides is 1. The Kier molecular flexibility index (Phi) is 4.96. The zero-order chi connectivity index (χ0) is 17.4. The summed E-state index contributed by atoms with van der Waals surface area (Å²) in [4.78, 5) is 25.4. The minimum Gasteiger partial charge on any atom is -0.479 e. The monoisotopic (exact) mass is 343 g/mol. The van der Waals surface area contributed by atoms with Gasteiger partial charge in [0.15, 0.2) is 6.10 Å². The second kappa shape index (κ2) is 6.45. The van der Waals surface area contributed by atoms with Crippen LogP contribution in [-0.2, 0) is 19.7 Å². The third kappa shape index (κ3) is 3.64. The molecule has 5 nitrogen and oxygen atoms in total. The molecule has 0 spiro atoms. The van der Waals surface area contributed by atoms with Gasteiger partial charge in [-0.1, -0.05) is 17.7 Å². The lowest BCUT2D eigenvalue weighted by molar-refractivity contribution is -0.168. The van der Waals surface area contributed by atoms with Crippen molar-refractivity contribution in [2.45, 2.75) is 38.4 Å². The number of aliphatic carboxylic acids is 1. The number of carbonyl (C=O) groups is 2. The summed E-state index contributed by atoms with van der Waals surface area (Å²) in [5.41, 5.74) is -0.924. The summed E-state index contributed by atoms with van der Waals surface area (Å²) in [5, 5.41) is 9.36. The molecule has 1 aromatic rings. The number of benzene rings is 1. The average molecular weight is 344 g/mol. The normalized spacial score (nSPS) is 22.0. The van der Waals surface area contributed by atoms with Gasteiger partial charge < -0.3 is 14.7 Å². The molecule has 0 aromatic heterocycles. The third-order valence-corrected chi connectivity index (χ3v) is 4.20. The molecule has 2 rings (SSSR count). The van der Waals surface area contributed by atoms with E-state index in [1.165, 1.54) is 17.0 Å². The van der Waals surface area contributed by atoms with Crippen molar-refractivity contribution in [1.82, 2.24) is 4.90 Å². The number of ether oxygens (including phenoxy) is 1. The van der Waals surface area contributed by atoms with E-state index in [4.69, 9.17) is 21.4 Å². The van der Waals surface area contributed by atoms with E-state index in [1.807, 2.05) is 0 Å². The van der Waals surface area contributed by atoms with Crippen molar-refractivity contribution >= 4 is 23.5 Å². The molecule has 1 amide bonds. The number of halogens is 2. The SMILES string of the molecule is C[C@@H]1CN(C(=O)C(C)(C)c2ccc(Cl)cc2F)CC(C(=O)O)O1. The summed E-state index contributed by atoms with van der Waals surface area (Å²) in [6.07, 6.45) is -1.48. The van der Waals surface area contributed by atoms with Crippen LogP contribution in [0.1, 0.15) is 26.3 Å². The first-order chi connectivity index (χ1) is 10.6. The van der Waals surface area contributed by atoms with Gasteiger partial charge in [-0.3, -0.25) is 4.79 Å². The van der Waals surface area contributed by atoms with Crippen LogP contribution in [0.15, 0.2) is 18.2 Å². The summed E-state index contributed by atoms with van der Waals surface area (Å²) >= 11 is 5.75. The fraction of sp³-hybridized carbons (Fsp3) is 0.500. The molecular weight excluding hydrogens is 325 g/mol. The Balaban J connectivity index is 2.28. The van der Waals surface area contributed by atoms with Gasteiger partial charge in [0.25, 0.3) is 0 Å². The van der Waals surface area contributed by atoms with Gasteiger partial charge in [-0.25, -0.2) is 9.18 Å². The molecular formula is C16H19ClFNO4. The van der Waals surface area contributed by atoms with E-state index in [0.29, 0.717) is 0 Å². The second-order valence-electron chi connectivity index (χ2n) is 6.23. The standard InChI is InChI=1S/C16H19ClFNO4/c1-9-7-19(8-13(23-9)14(20)21)15(22)16(2,3)11-5-4-10(17)6-12(11)18/h4-6,9,13H,7-8H2,1-3H3,(H,20,21)/t9-,13?/m1/s1. The highest BCUT2D eigenvalue weighted by atomic mass is 35.5. The highest BCUT2D eigenvalue weighted by Crippen LogP contribution is 2.30. The highest BCUT2D eigenvalue weighted by molar-refractivity contribution is 6.30. The van der Waals surface area contributed by atoms with Gasteiger partial charge in [-0.15, -0.1) is 0 Å². The molecule has 1 saturated heterocycles. The van der Waals surface area contributed by atoms with Crippen LogP contribution in [0.4, 0.5) is 4.39 Å². The maximum Gasteiger partial charge on any atom is 0.334 e. The Labute approximate surface area is 139 Å². The van der Waals surface area contributed by atoms with E-state index >= 15 is 0 Å². The minimum absolute atomic E-state index is 0.0584. The number of morpholine rings is 1. The number of hydrogen-bond acceptors (Lipinski definition) is 3. The number of nitrogens with zero attached hydrogens (tertiary/aromatic N) is 1. The topological polar surface area (TPSA) is 66.8 Å². The van der Waals surface area contributed by atoms with Crippen molar-refractivity contribution in [3.63, 3.8) is 0 Å². The number of carbonyl (C=O) groups excluding carboxylic acids is 1. The molecule has 126 valence electrons. The van der Waals surface area contributed by atoms with E-state index < -0.39 is 29.4 Å². The van der Waals surface area contributed by atoms with Crippen molar-refractivity contribution in [1.29, 1.82) is 0 Å². The fourth-order valence-corrected chi connectivity index (χ4v) is 2.92. The molecule has 1 heterocycles. The summed E-state index contributed by atoms with van der Waals surface area (Å²) in [6.45, 7) is 5.12. The van der Waals surface area contributed by atoms with Crippen LogP contribution < -0.4 is 0 Å². The number of carboxylic acids is 1. The summed E-state index contributed by atoms with van der Waals surface area (Å²) < 4.78 is 19.5. The molecule has 1 aromatic carbocycles. The molecule has 1 unspecified atom stereocenters. The van der Waals surface area contributed by atoms with Crippen LogP contribution in [0.5, 0.6) is 0 Å². The molecule has 2 atom stereocenters. The molecule has 0 radical (unpaired) electrons. The molecule has 0 aliphatic carbocycles. The molecule has 7 heteroatoms. The van der Waals surface area contributed by atoms with Gasteiger partial charge in [0.1, 0.15) is 5.82 Å². The average Bonchev–Trinajstić information content (AvgIpc) is 2.45. The molecule has 1 N–H and O–H groups in total. The molecule has 1 fully saturated rings. The number of carboxylic acid groups (broad SMARTS) is 1. The van der Waals surface area contributed by atoms with Crippen LogP contribution >= 0.6 is 11.6 Å². The summed E-state index contributed by atoms with van der Waals surface area (Å²) in [7, 11) is 0. The van der Waals surface area contributed by atoms with Crippen LogP contribution in [-0.4, -0.2) is 47.2 Å². The smallest absolute Gasteiger partial charge is 0.334 e. The van der Waals surface area contributed by atoms with Crippen molar-refractivity contribution in [3.8, 4) is 0 Å². The van der Waals surface area contributed by atoms with Gasteiger partial charge in [-0.2, -0.15) is 0 Å². The molecule has 1 aliphatic heterocycles. The van der Waals surface area contributed by atoms with E-state index in [1.54, 1.807) is 20.8 Å². The van der Waals surface area contributed by atoms with E-state index in [-0.39, 0.29) is 29.6 Å². The van der Waals surface area contributed by atoms with E-state index in [0.717, 1.165) is 6.07 Å². The maximum absolute atomic E-state index is 14.2. The van der Waals surface area contributed by atoms with Crippen molar-refractivity contribution < 1.29 is 23.8 Å². The van der Waals surface area contributed by atoms with Gasteiger partial charge in [0.05, 0.1) is 18.1 Å². The summed E-state index contributed by atoms with van der Waals surface area (Å²) in [6, 6.07) is 4.17. The lowest BCUT2D eigenvalue weighted by Crippen LogP contribution is -2.55. The quantitative estimate of drug-likeness (QED) is 0.915. The van der Waals surface area contributed by atoms with Gasteiger partial charge in [0.2, 0.25) is 5.91 Å². The highest BCUT2D eigenvalue weighted by Gasteiger charge is 2.40. The van der Waals surface area contributed by atoms with Crippen LogP contribution in [0.3, 0.4) is 0 Å². The van der Waals surface area contributed by atoms with Crippen molar-refractivity contribution in [3.05, 3.63) is 34.6 Å². The van der Waals surface area contributed by atoms with Crippen LogP contribution in [0, 0.1) is 5.82 Å². The van der Waals surface area contributed by atoms with E-state index in [9.17, 15) is 14.0 Å². The van der Waals surface area contributed by atoms with Crippen LogP contribution in [0.25, 0.3) is 0 Å². The first-order valence-corrected chi connectivity index (χ1v) is 7.64. The Morgan fingerprint density at radius 1 is 1.39 bits per heavy atom. The third-order valence-electron chi connectivity index (χ3n) is 3.96. The van der Waals surface area contributed by atoms with E-state index in [2.05, 4.69) is 0 Å². The molecule has 23 heavy (non-hydrogen) atoms. The second-order valence-corrected chi connectivity index (χ2v) is 6.67. The van der Waals surface area contributed by atoms with Crippen molar-refractivity contribution in [2.24, 2.45) is 0 Å². The zero-order valence-corrected chi connectivity index (χ0v) is 13.9. The Morgan fingerprint density at radius 3 is 2.61 bits per heavy atom. The Morgan fingerprint density at radius 2 is 2.04 bits per heavy atom. The Bertz CT molecular complexity index is 635. The first kappa shape index (κ1) is 17.7. The predicted octanol–water partition coefficient (Wildman–Crippen LogP) is 2.46.